The molecular formula is C22H30N2O4. The zero-order valence-electron chi connectivity index (χ0n) is 16.4. The van der Waals surface area contributed by atoms with Crippen molar-refractivity contribution in [3.63, 3.8) is 0 Å². The molecule has 0 bridgehead atoms. The summed E-state index contributed by atoms with van der Waals surface area (Å²) in [5.41, 5.74) is 3.17. The Labute approximate surface area is 166 Å². The van der Waals surface area contributed by atoms with Crippen molar-refractivity contribution in [2.75, 3.05) is 13.1 Å². The molecule has 152 valence electrons. The predicted octanol–water partition coefficient (Wildman–Crippen LogP) is 2.76. The van der Waals surface area contributed by atoms with Crippen molar-refractivity contribution in [2.24, 2.45) is 11.8 Å². The first-order valence-corrected chi connectivity index (χ1v) is 10.2. The Morgan fingerprint density at radius 3 is 2.61 bits per heavy atom. The van der Waals surface area contributed by atoms with Gasteiger partial charge < -0.3 is 10.0 Å². The van der Waals surface area contributed by atoms with E-state index in [1.807, 2.05) is 25.1 Å². The molecule has 1 aliphatic heterocycles. The second-order valence-corrected chi connectivity index (χ2v) is 8.04. The van der Waals surface area contributed by atoms with Crippen molar-refractivity contribution < 1.29 is 19.9 Å². The van der Waals surface area contributed by atoms with Crippen LogP contribution < -0.4 is 5.48 Å². The van der Waals surface area contributed by atoms with Crippen molar-refractivity contribution >= 4 is 17.4 Å². The van der Waals surface area contributed by atoms with Gasteiger partial charge in [0.15, 0.2) is 0 Å². The van der Waals surface area contributed by atoms with Gasteiger partial charge in [0.05, 0.1) is 17.4 Å². The second-order valence-electron chi connectivity index (χ2n) is 8.04. The van der Waals surface area contributed by atoms with Crippen molar-refractivity contribution in [1.29, 1.82) is 0 Å². The number of hydroxylamine groups is 1. The molecule has 2 amide bonds. The normalized spacial score (nSPS) is 27.8. The second kappa shape index (κ2) is 8.88. The van der Waals surface area contributed by atoms with E-state index in [1.165, 1.54) is 11.1 Å². The van der Waals surface area contributed by atoms with Crippen LogP contribution in [-0.2, 0) is 9.59 Å². The molecule has 0 saturated heterocycles. The Bertz CT molecular complexity index is 733. The molecule has 3 unspecified atom stereocenters. The highest BCUT2D eigenvalue weighted by atomic mass is 16.5. The SMILES string of the molecule is CCCC1(O)CCC(C(=O)N2CC=C(c3ccccc3)CC2)C(C(=O)NO)C1. The summed E-state index contributed by atoms with van der Waals surface area (Å²) >= 11 is 0. The number of nitrogens with one attached hydrogen (secondary N) is 1. The summed E-state index contributed by atoms with van der Waals surface area (Å²) in [6.45, 7) is 3.12. The first-order chi connectivity index (χ1) is 13.5. The third-order valence-electron chi connectivity index (χ3n) is 6.15. The lowest BCUT2D eigenvalue weighted by molar-refractivity contribution is -0.153. The average Bonchev–Trinajstić information content (AvgIpc) is 2.73. The zero-order chi connectivity index (χ0) is 20.1. The standard InChI is InChI=1S/C22H30N2O4/c1-2-11-22(27)12-8-18(19(15-22)20(25)23-28)21(26)24-13-9-17(10-14-24)16-6-4-3-5-7-16/h3-7,9,18-19,27-28H,2,8,10-15H2,1H3,(H,23,25). The molecule has 0 aromatic heterocycles. The summed E-state index contributed by atoms with van der Waals surface area (Å²) in [7, 11) is 0. The molecule has 2 aliphatic rings. The van der Waals surface area contributed by atoms with Gasteiger partial charge in [0, 0.05) is 13.1 Å². The largest absolute Gasteiger partial charge is 0.390 e. The predicted molar refractivity (Wildman–Crippen MR) is 106 cm³/mol. The highest BCUT2D eigenvalue weighted by molar-refractivity contribution is 5.88. The fourth-order valence-electron chi connectivity index (χ4n) is 4.64. The highest BCUT2D eigenvalue weighted by Crippen LogP contribution is 2.40. The van der Waals surface area contributed by atoms with E-state index in [4.69, 9.17) is 5.21 Å². The molecule has 1 saturated carbocycles. The van der Waals surface area contributed by atoms with E-state index >= 15 is 0 Å². The minimum absolute atomic E-state index is 0.0597. The summed E-state index contributed by atoms with van der Waals surface area (Å²) in [6.07, 6.45) is 5.43. The van der Waals surface area contributed by atoms with Crippen molar-refractivity contribution in [2.45, 2.75) is 51.0 Å². The molecule has 1 heterocycles. The lowest BCUT2D eigenvalue weighted by atomic mass is 9.69. The number of nitrogens with zero attached hydrogens (tertiary/aromatic N) is 1. The molecule has 1 aliphatic carbocycles. The summed E-state index contributed by atoms with van der Waals surface area (Å²) in [5.74, 6) is -1.85. The highest BCUT2D eigenvalue weighted by Gasteiger charge is 2.46. The van der Waals surface area contributed by atoms with Crippen LogP contribution in [0.4, 0.5) is 0 Å². The molecular weight excluding hydrogens is 356 g/mol. The fraction of sp³-hybridized carbons (Fsp3) is 0.545. The van der Waals surface area contributed by atoms with Gasteiger partial charge >= 0.3 is 0 Å². The monoisotopic (exact) mass is 386 g/mol. The van der Waals surface area contributed by atoms with Crippen molar-refractivity contribution in [3.8, 4) is 0 Å². The Hall–Kier alpha value is -2.18. The van der Waals surface area contributed by atoms with Gasteiger partial charge in [-0.2, -0.15) is 0 Å². The molecule has 0 spiro atoms. The topological polar surface area (TPSA) is 89.9 Å². The Kier molecular flexibility index (Phi) is 6.52. The minimum atomic E-state index is -0.939. The van der Waals surface area contributed by atoms with E-state index in [2.05, 4.69) is 18.2 Å². The van der Waals surface area contributed by atoms with Crippen LogP contribution in [0.2, 0.25) is 0 Å². The Balaban J connectivity index is 1.70. The van der Waals surface area contributed by atoms with Crippen LogP contribution in [0.5, 0.6) is 0 Å². The molecule has 3 atom stereocenters. The average molecular weight is 386 g/mol. The van der Waals surface area contributed by atoms with E-state index < -0.39 is 23.3 Å². The fourth-order valence-corrected chi connectivity index (χ4v) is 4.64. The van der Waals surface area contributed by atoms with Crippen molar-refractivity contribution in [1.82, 2.24) is 10.4 Å². The van der Waals surface area contributed by atoms with Gasteiger partial charge in [0.1, 0.15) is 0 Å². The number of amides is 2. The van der Waals surface area contributed by atoms with E-state index in [0.29, 0.717) is 32.4 Å². The molecule has 0 radical (unpaired) electrons. The van der Waals surface area contributed by atoms with Gasteiger partial charge in [-0.1, -0.05) is 49.8 Å². The summed E-state index contributed by atoms with van der Waals surface area (Å²) in [6, 6.07) is 10.1. The number of aliphatic hydroxyl groups is 1. The van der Waals surface area contributed by atoms with Gasteiger partial charge in [0.2, 0.25) is 11.8 Å². The molecule has 3 rings (SSSR count). The third-order valence-corrected chi connectivity index (χ3v) is 6.15. The number of hydrogen-bond donors (Lipinski definition) is 3. The first kappa shape index (κ1) is 20.6. The molecule has 1 aromatic rings. The Morgan fingerprint density at radius 1 is 1.25 bits per heavy atom. The van der Waals surface area contributed by atoms with Gasteiger partial charge in [-0.3, -0.25) is 14.8 Å². The maximum absolute atomic E-state index is 13.1. The van der Waals surface area contributed by atoms with E-state index in [9.17, 15) is 14.7 Å². The van der Waals surface area contributed by atoms with E-state index in [0.717, 1.165) is 12.8 Å². The number of hydrogen-bond acceptors (Lipinski definition) is 4. The number of carbonyl (C=O) groups is 2. The lowest BCUT2D eigenvalue weighted by Crippen LogP contribution is -2.51. The zero-order valence-corrected chi connectivity index (χ0v) is 16.4. The summed E-state index contributed by atoms with van der Waals surface area (Å²) in [5, 5.41) is 19.9. The van der Waals surface area contributed by atoms with Crippen LogP contribution in [-0.4, -0.2) is 45.7 Å². The van der Waals surface area contributed by atoms with Crippen LogP contribution in [0, 0.1) is 11.8 Å². The third kappa shape index (κ3) is 4.45. The van der Waals surface area contributed by atoms with E-state index in [-0.39, 0.29) is 12.3 Å². The number of carbonyl (C=O) groups excluding carboxylic acids is 2. The van der Waals surface area contributed by atoms with Crippen LogP contribution in [0.25, 0.3) is 5.57 Å². The molecule has 1 aromatic carbocycles. The van der Waals surface area contributed by atoms with Gasteiger partial charge in [-0.05, 0) is 43.2 Å². The molecule has 3 N–H and O–H groups in total. The van der Waals surface area contributed by atoms with Crippen LogP contribution in [0.15, 0.2) is 36.4 Å². The lowest BCUT2D eigenvalue weighted by Gasteiger charge is -2.41. The van der Waals surface area contributed by atoms with Crippen molar-refractivity contribution in [3.05, 3.63) is 42.0 Å². The molecule has 28 heavy (non-hydrogen) atoms. The molecule has 6 heteroatoms. The molecule has 6 nitrogen and oxygen atoms in total. The Morgan fingerprint density at radius 2 is 2.00 bits per heavy atom. The first-order valence-electron chi connectivity index (χ1n) is 10.2. The summed E-state index contributed by atoms with van der Waals surface area (Å²) in [4.78, 5) is 27.2. The maximum atomic E-state index is 13.1. The number of rotatable bonds is 5. The number of benzene rings is 1. The molecule has 1 fully saturated rings. The van der Waals surface area contributed by atoms with E-state index in [1.54, 1.807) is 10.4 Å². The van der Waals surface area contributed by atoms with Crippen LogP contribution >= 0.6 is 0 Å². The summed E-state index contributed by atoms with van der Waals surface area (Å²) < 4.78 is 0. The van der Waals surface area contributed by atoms with Crippen LogP contribution in [0.1, 0.15) is 51.0 Å². The van der Waals surface area contributed by atoms with Gasteiger partial charge in [0.25, 0.3) is 0 Å². The van der Waals surface area contributed by atoms with Crippen LogP contribution in [0.3, 0.4) is 0 Å². The smallest absolute Gasteiger partial charge is 0.247 e. The maximum Gasteiger partial charge on any atom is 0.247 e. The quantitative estimate of drug-likeness (QED) is 0.536. The minimum Gasteiger partial charge on any atom is -0.390 e. The van der Waals surface area contributed by atoms with Gasteiger partial charge in [-0.25, -0.2) is 5.48 Å². The van der Waals surface area contributed by atoms with Gasteiger partial charge in [-0.15, -0.1) is 0 Å².